The normalized spacial score (nSPS) is 11.6. The van der Waals surface area contributed by atoms with Crippen molar-refractivity contribution in [2.24, 2.45) is 0 Å². The van der Waals surface area contributed by atoms with Crippen molar-refractivity contribution < 1.29 is 9.90 Å². The minimum absolute atomic E-state index is 0.467. The molecule has 0 aromatic carbocycles. The highest BCUT2D eigenvalue weighted by Crippen LogP contribution is 1.98. The number of hydrogen-bond acceptors (Lipinski definition) is 2. The Bertz CT molecular complexity index is 141. The predicted molar refractivity (Wildman–Crippen MR) is 39.9 cm³/mol. The highest BCUT2D eigenvalue weighted by molar-refractivity contribution is 5.86. The molecule has 0 saturated heterocycles. The van der Waals surface area contributed by atoms with E-state index in [2.05, 4.69) is 5.32 Å². The summed E-state index contributed by atoms with van der Waals surface area (Å²) in [6, 6.07) is 0. The van der Waals surface area contributed by atoms with E-state index in [9.17, 15) is 4.79 Å². The van der Waals surface area contributed by atoms with Crippen LogP contribution in [-0.2, 0) is 4.79 Å². The van der Waals surface area contributed by atoms with Gasteiger partial charge in [-0.3, -0.25) is 0 Å². The summed E-state index contributed by atoms with van der Waals surface area (Å²) in [6.45, 7) is 2.45. The molecule has 0 radical (unpaired) electrons. The van der Waals surface area contributed by atoms with Crippen molar-refractivity contribution >= 4 is 5.97 Å². The van der Waals surface area contributed by atoms with Gasteiger partial charge in [0.2, 0.25) is 0 Å². The molecule has 0 aromatic rings. The molecule has 3 nitrogen and oxygen atoms in total. The first-order valence-electron chi connectivity index (χ1n) is 3.29. The molecule has 0 atom stereocenters. The molecule has 0 bridgehead atoms. The first-order valence-corrected chi connectivity index (χ1v) is 3.29. The molecule has 0 saturated carbocycles. The molecule has 2 N–H and O–H groups in total. The Hall–Kier alpha value is -0.830. The minimum atomic E-state index is -0.822. The lowest BCUT2D eigenvalue weighted by atomic mass is 10.2. The Morgan fingerprint density at radius 1 is 1.70 bits per heavy atom. The van der Waals surface area contributed by atoms with Gasteiger partial charge in [-0.05, 0) is 13.5 Å². The van der Waals surface area contributed by atoms with Crippen LogP contribution >= 0.6 is 0 Å². The number of carboxylic acids is 1. The summed E-state index contributed by atoms with van der Waals surface area (Å²) in [5.41, 5.74) is 0.467. The van der Waals surface area contributed by atoms with Gasteiger partial charge < -0.3 is 10.4 Å². The predicted octanol–water partition coefficient (Wildman–Crippen LogP) is 0.627. The van der Waals surface area contributed by atoms with Crippen LogP contribution in [0.1, 0.15) is 13.3 Å². The first-order chi connectivity index (χ1) is 4.72. The van der Waals surface area contributed by atoms with Gasteiger partial charge in [0.25, 0.3) is 0 Å². The molecule has 0 unspecified atom stereocenters. The molecule has 0 rings (SSSR count). The Balaban J connectivity index is 3.91. The van der Waals surface area contributed by atoms with Gasteiger partial charge in [-0.15, -0.1) is 0 Å². The van der Waals surface area contributed by atoms with Crippen LogP contribution in [0.4, 0.5) is 0 Å². The van der Waals surface area contributed by atoms with Gasteiger partial charge in [0.15, 0.2) is 0 Å². The number of nitrogens with one attached hydrogen (secondary N) is 1. The third-order valence-electron chi connectivity index (χ3n) is 1.21. The summed E-state index contributed by atoms with van der Waals surface area (Å²) in [5.74, 6) is -0.822. The lowest BCUT2D eigenvalue weighted by Crippen LogP contribution is -2.08. The highest BCUT2D eigenvalue weighted by Gasteiger charge is 2.01. The summed E-state index contributed by atoms with van der Waals surface area (Å²) >= 11 is 0. The molecule has 0 aliphatic heterocycles. The van der Waals surface area contributed by atoms with Crippen molar-refractivity contribution in [2.45, 2.75) is 13.3 Å². The second-order valence-electron chi connectivity index (χ2n) is 1.95. The number of rotatable bonds is 4. The van der Waals surface area contributed by atoms with Crippen LogP contribution in [0.15, 0.2) is 11.6 Å². The quantitative estimate of drug-likeness (QED) is 0.567. The second-order valence-corrected chi connectivity index (χ2v) is 1.95. The summed E-state index contributed by atoms with van der Waals surface area (Å²) in [7, 11) is 1.78. The van der Waals surface area contributed by atoms with Crippen molar-refractivity contribution in [3.8, 4) is 0 Å². The van der Waals surface area contributed by atoms with Crippen LogP contribution in [-0.4, -0.2) is 24.7 Å². The molecule has 0 amide bonds. The fourth-order valence-corrected chi connectivity index (χ4v) is 0.608. The molecule has 0 aliphatic carbocycles. The van der Waals surface area contributed by atoms with Gasteiger partial charge in [-0.25, -0.2) is 4.79 Å². The zero-order valence-electron chi connectivity index (χ0n) is 6.35. The van der Waals surface area contributed by atoms with Gasteiger partial charge in [-0.2, -0.15) is 0 Å². The third-order valence-corrected chi connectivity index (χ3v) is 1.21. The van der Waals surface area contributed by atoms with Gasteiger partial charge >= 0.3 is 5.97 Å². The van der Waals surface area contributed by atoms with E-state index in [4.69, 9.17) is 5.11 Å². The Kier molecular flexibility index (Phi) is 4.58. The van der Waals surface area contributed by atoms with Gasteiger partial charge in [0.1, 0.15) is 0 Å². The first kappa shape index (κ1) is 9.17. The Morgan fingerprint density at radius 2 is 2.30 bits per heavy atom. The molecular weight excluding hydrogens is 130 g/mol. The lowest BCUT2D eigenvalue weighted by Gasteiger charge is -1.95. The van der Waals surface area contributed by atoms with Gasteiger partial charge in [-0.1, -0.05) is 13.0 Å². The van der Waals surface area contributed by atoms with E-state index in [1.807, 2.05) is 6.92 Å². The van der Waals surface area contributed by atoms with Gasteiger partial charge in [0, 0.05) is 12.1 Å². The fourth-order valence-electron chi connectivity index (χ4n) is 0.608. The molecule has 58 valence electrons. The smallest absolute Gasteiger partial charge is 0.331 e. The van der Waals surface area contributed by atoms with Crippen molar-refractivity contribution in [1.29, 1.82) is 0 Å². The van der Waals surface area contributed by atoms with Gasteiger partial charge in [0.05, 0.1) is 0 Å². The summed E-state index contributed by atoms with van der Waals surface area (Å²) < 4.78 is 0. The van der Waals surface area contributed by atoms with Crippen LogP contribution in [0.5, 0.6) is 0 Å². The summed E-state index contributed by atoms with van der Waals surface area (Å²) in [6.07, 6.45) is 2.26. The number of carbonyl (C=O) groups is 1. The van der Waals surface area contributed by atoms with E-state index in [1.54, 1.807) is 13.1 Å². The second kappa shape index (κ2) is 4.99. The standard InChI is InChI=1S/C7H13NO2/c1-3-6(7(9)10)4-5-8-2/h4,8H,3,5H2,1-2H3,(H,9,10)/b6-4+. The Morgan fingerprint density at radius 3 is 2.60 bits per heavy atom. The zero-order valence-corrected chi connectivity index (χ0v) is 6.35. The number of carboxylic acid groups (broad SMARTS) is 1. The molecule has 3 heteroatoms. The fraction of sp³-hybridized carbons (Fsp3) is 0.571. The summed E-state index contributed by atoms with van der Waals surface area (Å²) in [5, 5.41) is 11.4. The number of hydrogen-bond donors (Lipinski definition) is 2. The number of aliphatic carboxylic acids is 1. The molecule has 0 fully saturated rings. The average molecular weight is 143 g/mol. The number of likely N-dealkylation sites (N-methyl/N-ethyl adjacent to an activating group) is 1. The van der Waals surface area contributed by atoms with E-state index >= 15 is 0 Å². The van der Waals surface area contributed by atoms with E-state index in [1.165, 1.54) is 0 Å². The van der Waals surface area contributed by atoms with Crippen LogP contribution in [0.25, 0.3) is 0 Å². The maximum Gasteiger partial charge on any atom is 0.331 e. The lowest BCUT2D eigenvalue weighted by molar-refractivity contribution is -0.132. The molecule has 0 aromatic heterocycles. The zero-order chi connectivity index (χ0) is 7.98. The topological polar surface area (TPSA) is 49.3 Å². The molecular formula is C7H13NO2. The maximum atomic E-state index is 10.3. The van der Waals surface area contributed by atoms with E-state index in [-0.39, 0.29) is 0 Å². The molecule has 0 aliphatic rings. The van der Waals surface area contributed by atoms with Crippen molar-refractivity contribution in [2.75, 3.05) is 13.6 Å². The van der Waals surface area contributed by atoms with Crippen molar-refractivity contribution in [3.05, 3.63) is 11.6 Å². The van der Waals surface area contributed by atoms with Crippen LogP contribution in [0.3, 0.4) is 0 Å². The van der Waals surface area contributed by atoms with Crippen LogP contribution < -0.4 is 5.32 Å². The van der Waals surface area contributed by atoms with E-state index in [0.717, 1.165) is 0 Å². The van der Waals surface area contributed by atoms with Crippen molar-refractivity contribution in [3.63, 3.8) is 0 Å². The molecule has 0 heterocycles. The monoisotopic (exact) mass is 143 g/mol. The third kappa shape index (κ3) is 3.25. The van der Waals surface area contributed by atoms with E-state index < -0.39 is 5.97 Å². The minimum Gasteiger partial charge on any atom is -0.478 e. The average Bonchev–Trinajstić information content (AvgIpc) is 1.89. The largest absolute Gasteiger partial charge is 0.478 e. The van der Waals surface area contributed by atoms with Crippen LogP contribution in [0.2, 0.25) is 0 Å². The molecule has 10 heavy (non-hydrogen) atoms. The SMILES string of the molecule is CC/C(=C\CNC)C(=O)O. The van der Waals surface area contributed by atoms with Crippen molar-refractivity contribution in [1.82, 2.24) is 5.32 Å². The maximum absolute atomic E-state index is 10.3. The Labute approximate surface area is 60.7 Å². The van der Waals surface area contributed by atoms with Crippen LogP contribution in [0, 0.1) is 0 Å². The summed E-state index contributed by atoms with van der Waals surface area (Å²) in [4.78, 5) is 10.3. The highest BCUT2D eigenvalue weighted by atomic mass is 16.4. The molecule has 0 spiro atoms. The van der Waals surface area contributed by atoms with E-state index in [0.29, 0.717) is 18.5 Å².